The van der Waals surface area contributed by atoms with Crippen molar-refractivity contribution in [3.63, 3.8) is 0 Å². The highest BCUT2D eigenvalue weighted by atomic mass is 16.2. The fourth-order valence-electron chi connectivity index (χ4n) is 2.77. The molecule has 1 aromatic rings. The van der Waals surface area contributed by atoms with Crippen molar-refractivity contribution in [3.8, 4) is 0 Å². The highest BCUT2D eigenvalue weighted by Gasteiger charge is 2.30. The lowest BCUT2D eigenvalue weighted by Gasteiger charge is -2.18. The summed E-state index contributed by atoms with van der Waals surface area (Å²) in [6.07, 6.45) is 5.84. The third-order valence-corrected chi connectivity index (χ3v) is 4.44. The van der Waals surface area contributed by atoms with Gasteiger partial charge in [0.2, 0.25) is 0 Å². The highest BCUT2D eigenvalue weighted by Crippen LogP contribution is 2.23. The number of hydrogen-bond donors (Lipinski definition) is 2. The summed E-state index contributed by atoms with van der Waals surface area (Å²) in [5, 5.41) is 5.93. The predicted octanol–water partition coefficient (Wildman–Crippen LogP) is 1.64. The Morgan fingerprint density at radius 1 is 1.32 bits per heavy atom. The molecule has 2 heterocycles. The molecule has 0 bridgehead atoms. The lowest BCUT2D eigenvalue weighted by molar-refractivity contribution is 0.0923. The smallest absolute Gasteiger partial charge is 0.287 e. The van der Waals surface area contributed by atoms with Crippen molar-refractivity contribution >= 4 is 11.8 Å². The average molecular weight is 304 g/mol. The fraction of sp³-hybridized carbons (Fsp3) is 0.688. The number of fused-ring (bicyclic) bond motifs is 1. The summed E-state index contributed by atoms with van der Waals surface area (Å²) < 4.78 is 1.93. The van der Waals surface area contributed by atoms with E-state index >= 15 is 0 Å². The maximum Gasteiger partial charge on any atom is 0.287 e. The minimum atomic E-state index is -0.178. The first-order valence-corrected chi connectivity index (χ1v) is 8.31. The van der Waals surface area contributed by atoms with Crippen LogP contribution in [0.15, 0.2) is 0 Å². The number of carbonyl (C=O) groups is 2. The van der Waals surface area contributed by atoms with Crippen LogP contribution in [0.3, 0.4) is 0 Å². The van der Waals surface area contributed by atoms with Gasteiger partial charge in [-0.15, -0.1) is 0 Å². The van der Waals surface area contributed by atoms with E-state index in [1.165, 1.54) is 0 Å². The predicted molar refractivity (Wildman–Crippen MR) is 82.9 cm³/mol. The molecule has 0 aromatic carbocycles. The Bertz CT molecular complexity index is 589. The Morgan fingerprint density at radius 2 is 2.09 bits per heavy atom. The van der Waals surface area contributed by atoms with Gasteiger partial charge in [-0.3, -0.25) is 9.59 Å². The van der Waals surface area contributed by atoms with Crippen LogP contribution in [0.5, 0.6) is 0 Å². The van der Waals surface area contributed by atoms with Crippen LogP contribution in [-0.4, -0.2) is 33.4 Å². The molecule has 2 amide bonds. The molecule has 1 fully saturated rings. The number of amides is 2. The van der Waals surface area contributed by atoms with Crippen molar-refractivity contribution in [3.05, 3.63) is 17.2 Å². The van der Waals surface area contributed by atoms with E-state index in [0.29, 0.717) is 17.6 Å². The Balaban J connectivity index is 1.87. The van der Waals surface area contributed by atoms with Crippen molar-refractivity contribution in [2.45, 2.75) is 71.0 Å². The summed E-state index contributed by atoms with van der Waals surface area (Å²) in [4.78, 5) is 29.2. The van der Waals surface area contributed by atoms with Gasteiger partial charge in [0, 0.05) is 18.6 Å². The monoisotopic (exact) mass is 304 g/mol. The van der Waals surface area contributed by atoms with Crippen LogP contribution in [0, 0.1) is 0 Å². The third kappa shape index (κ3) is 3.00. The zero-order valence-corrected chi connectivity index (χ0v) is 13.3. The Kier molecular flexibility index (Phi) is 4.18. The molecule has 1 aliphatic carbocycles. The maximum atomic E-state index is 12.4. The Labute approximate surface area is 130 Å². The molecule has 120 valence electrons. The second kappa shape index (κ2) is 6.10. The molecule has 0 saturated heterocycles. The van der Waals surface area contributed by atoms with Gasteiger partial charge >= 0.3 is 0 Å². The molecule has 2 aliphatic rings. The number of nitrogens with zero attached hydrogens (tertiary/aromatic N) is 2. The van der Waals surface area contributed by atoms with E-state index in [4.69, 9.17) is 0 Å². The molecule has 0 radical (unpaired) electrons. The maximum absolute atomic E-state index is 12.4. The molecule has 3 rings (SSSR count). The number of hydrogen-bond acceptors (Lipinski definition) is 3. The van der Waals surface area contributed by atoms with Gasteiger partial charge in [0.1, 0.15) is 5.69 Å². The number of nitrogens with one attached hydrogen (secondary N) is 2. The van der Waals surface area contributed by atoms with Crippen molar-refractivity contribution in [1.29, 1.82) is 0 Å². The molecule has 1 aliphatic heterocycles. The lowest BCUT2D eigenvalue weighted by atomic mass is 10.1. The first kappa shape index (κ1) is 15.1. The van der Waals surface area contributed by atoms with E-state index in [0.717, 1.165) is 50.8 Å². The number of rotatable bonds is 5. The van der Waals surface area contributed by atoms with Crippen molar-refractivity contribution < 1.29 is 9.59 Å². The first-order valence-electron chi connectivity index (χ1n) is 8.31. The van der Waals surface area contributed by atoms with Gasteiger partial charge in [-0.05, 0) is 45.4 Å². The van der Waals surface area contributed by atoms with Crippen LogP contribution >= 0.6 is 0 Å². The molecule has 2 N–H and O–H groups in total. The van der Waals surface area contributed by atoms with Gasteiger partial charge < -0.3 is 15.2 Å². The fourth-order valence-corrected chi connectivity index (χ4v) is 2.77. The summed E-state index contributed by atoms with van der Waals surface area (Å²) in [6, 6.07) is 0.401. The van der Waals surface area contributed by atoms with Crippen molar-refractivity contribution in [1.82, 2.24) is 20.2 Å². The van der Waals surface area contributed by atoms with Crippen LogP contribution in [0.2, 0.25) is 0 Å². The zero-order chi connectivity index (χ0) is 15.7. The topological polar surface area (TPSA) is 76.0 Å². The standard InChI is InChI=1S/C16H24N4O2/c1-3-10(2)17-16(22)14-19-13(15(21)18-11-7-8-11)12-6-4-5-9-20(12)14/h10-11H,3-9H2,1-2H3,(H,17,22)(H,18,21). The second-order valence-electron chi connectivity index (χ2n) is 6.37. The van der Waals surface area contributed by atoms with Gasteiger partial charge in [-0.25, -0.2) is 4.98 Å². The normalized spacial score (nSPS) is 18.5. The molecule has 6 nitrogen and oxygen atoms in total. The van der Waals surface area contributed by atoms with E-state index in [9.17, 15) is 9.59 Å². The number of carbonyl (C=O) groups excluding carboxylic acids is 2. The molecule has 1 atom stereocenters. The van der Waals surface area contributed by atoms with Crippen LogP contribution in [0.1, 0.15) is 72.8 Å². The highest BCUT2D eigenvalue weighted by molar-refractivity contribution is 5.97. The first-order chi connectivity index (χ1) is 10.6. The van der Waals surface area contributed by atoms with E-state index in [1.54, 1.807) is 0 Å². The van der Waals surface area contributed by atoms with Gasteiger partial charge in [0.05, 0.1) is 5.69 Å². The molecule has 1 unspecified atom stereocenters. The molecule has 22 heavy (non-hydrogen) atoms. The molecular formula is C16H24N4O2. The van der Waals surface area contributed by atoms with Crippen LogP contribution in [-0.2, 0) is 13.0 Å². The summed E-state index contributed by atoms with van der Waals surface area (Å²) in [5.74, 6) is 0.0784. The van der Waals surface area contributed by atoms with Crippen LogP contribution in [0.25, 0.3) is 0 Å². The Hall–Kier alpha value is -1.85. The third-order valence-electron chi connectivity index (χ3n) is 4.44. The quantitative estimate of drug-likeness (QED) is 0.868. The average Bonchev–Trinajstić information content (AvgIpc) is 3.24. The summed E-state index contributed by atoms with van der Waals surface area (Å²) in [7, 11) is 0. The molecule has 1 aromatic heterocycles. The van der Waals surface area contributed by atoms with Crippen molar-refractivity contribution in [2.24, 2.45) is 0 Å². The van der Waals surface area contributed by atoms with Crippen LogP contribution in [0.4, 0.5) is 0 Å². The molecule has 1 saturated carbocycles. The summed E-state index contributed by atoms with van der Waals surface area (Å²) in [6.45, 7) is 4.77. The van der Waals surface area contributed by atoms with Gasteiger partial charge in [-0.2, -0.15) is 0 Å². The second-order valence-corrected chi connectivity index (χ2v) is 6.37. The van der Waals surface area contributed by atoms with Crippen molar-refractivity contribution in [2.75, 3.05) is 0 Å². The van der Waals surface area contributed by atoms with E-state index < -0.39 is 0 Å². The van der Waals surface area contributed by atoms with Gasteiger partial charge in [0.15, 0.2) is 5.82 Å². The van der Waals surface area contributed by atoms with Gasteiger partial charge in [0.25, 0.3) is 11.8 Å². The molecule has 6 heteroatoms. The summed E-state index contributed by atoms with van der Waals surface area (Å²) in [5.41, 5.74) is 1.36. The lowest BCUT2D eigenvalue weighted by Crippen LogP contribution is -2.34. The van der Waals surface area contributed by atoms with E-state index in [1.807, 2.05) is 18.4 Å². The number of imidazole rings is 1. The van der Waals surface area contributed by atoms with Gasteiger partial charge in [-0.1, -0.05) is 6.92 Å². The van der Waals surface area contributed by atoms with Crippen LogP contribution < -0.4 is 10.6 Å². The van der Waals surface area contributed by atoms with E-state index in [2.05, 4.69) is 15.6 Å². The largest absolute Gasteiger partial charge is 0.348 e. The SMILES string of the molecule is CCC(C)NC(=O)c1nc(C(=O)NC2CC2)c2n1CCCC2. The molecule has 0 spiro atoms. The van der Waals surface area contributed by atoms with E-state index in [-0.39, 0.29) is 17.9 Å². The summed E-state index contributed by atoms with van der Waals surface area (Å²) >= 11 is 0. The molecular weight excluding hydrogens is 280 g/mol. The number of aromatic nitrogens is 2. The minimum Gasteiger partial charge on any atom is -0.348 e. The Morgan fingerprint density at radius 3 is 2.77 bits per heavy atom. The minimum absolute atomic E-state index is 0.104. The zero-order valence-electron chi connectivity index (χ0n) is 13.3.